The summed E-state index contributed by atoms with van der Waals surface area (Å²) in [5.41, 5.74) is 22.9. The minimum Gasteiger partial charge on any atom is -0.459 e. The van der Waals surface area contributed by atoms with Crippen LogP contribution in [-0.4, -0.2) is 20.1 Å². The molecule has 5 heterocycles. The minimum atomic E-state index is -0.291. The number of anilines is 12. The third-order valence-electron chi connectivity index (χ3n) is 18.2. The van der Waals surface area contributed by atoms with E-state index in [1.54, 1.807) is 0 Å². The van der Waals surface area contributed by atoms with Gasteiger partial charge in [-0.05, 0) is 142 Å². The summed E-state index contributed by atoms with van der Waals surface area (Å²) in [6, 6.07) is 112. The van der Waals surface area contributed by atoms with Gasteiger partial charge in [0.05, 0.1) is 11.4 Å². The van der Waals surface area contributed by atoms with E-state index in [1.165, 1.54) is 31.6 Å². The van der Waals surface area contributed by atoms with Gasteiger partial charge in [-0.25, -0.2) is 0 Å². The van der Waals surface area contributed by atoms with Crippen molar-refractivity contribution in [3.8, 4) is 23.0 Å². The van der Waals surface area contributed by atoms with Crippen LogP contribution in [0.2, 0.25) is 0 Å². The van der Waals surface area contributed by atoms with Crippen LogP contribution in [0.3, 0.4) is 0 Å². The molecule has 0 bridgehead atoms. The van der Waals surface area contributed by atoms with Gasteiger partial charge in [-0.2, -0.15) is 0 Å². The lowest BCUT2D eigenvalue weighted by Gasteiger charge is -2.44. The fourth-order valence-electron chi connectivity index (χ4n) is 14.6. The summed E-state index contributed by atoms with van der Waals surface area (Å²) in [7, 11) is 0. The molecule has 0 saturated heterocycles. The van der Waals surface area contributed by atoms with Gasteiger partial charge < -0.3 is 29.1 Å². The van der Waals surface area contributed by atoms with Crippen LogP contribution in [0.5, 0.6) is 23.0 Å². The van der Waals surface area contributed by atoms with Crippen molar-refractivity contribution in [2.75, 3.05) is 19.6 Å². The maximum absolute atomic E-state index is 8.13. The molecule has 88 heavy (non-hydrogen) atoms. The van der Waals surface area contributed by atoms with Crippen molar-refractivity contribution in [3.63, 3.8) is 0 Å². The molecule has 13 aromatic carbocycles. The number of rotatable bonds is 9. The molecule has 0 aromatic heterocycles. The first-order valence-electron chi connectivity index (χ1n) is 30.2. The fourth-order valence-corrected chi connectivity index (χ4v) is 15.8. The molecule has 10 heteroatoms. The highest BCUT2D eigenvalue weighted by Gasteiger charge is 2.51. The van der Waals surface area contributed by atoms with Gasteiger partial charge in [0.25, 0.3) is 20.1 Å². The Bertz CT molecular complexity index is 4510. The van der Waals surface area contributed by atoms with E-state index in [1.807, 2.05) is 11.8 Å². The molecular weight excluding hydrogens is 1090 g/mol. The van der Waals surface area contributed by atoms with Crippen molar-refractivity contribution in [3.05, 3.63) is 309 Å². The maximum atomic E-state index is 8.13. The van der Waals surface area contributed by atoms with Crippen LogP contribution in [0.4, 0.5) is 68.2 Å². The van der Waals surface area contributed by atoms with E-state index in [4.69, 9.17) is 9.47 Å². The molecule has 0 amide bonds. The molecular formula is C78H51B3N4O2S. The number of hydrogen-bond donors (Lipinski definition) is 0. The normalized spacial score (nSPS) is 13.2. The van der Waals surface area contributed by atoms with Gasteiger partial charge in [0, 0.05) is 84.3 Å². The summed E-state index contributed by atoms with van der Waals surface area (Å²) in [6.45, 7) is -0.788. The lowest BCUT2D eigenvalue weighted by Crippen LogP contribution is -2.67. The zero-order valence-corrected chi connectivity index (χ0v) is 48.5. The summed E-state index contributed by atoms with van der Waals surface area (Å²) in [4.78, 5) is 12.0. The molecule has 18 rings (SSSR count). The summed E-state index contributed by atoms with van der Waals surface area (Å²) < 4.78 is 16.3. The second-order valence-corrected chi connectivity index (χ2v) is 24.1. The van der Waals surface area contributed by atoms with Crippen LogP contribution in [0.1, 0.15) is 0 Å². The van der Waals surface area contributed by atoms with Crippen molar-refractivity contribution in [2.24, 2.45) is 0 Å². The summed E-state index contributed by atoms with van der Waals surface area (Å²) in [6.07, 6.45) is 0. The lowest BCUT2D eigenvalue weighted by atomic mass is 9.28. The Morgan fingerprint density at radius 3 is 0.966 bits per heavy atom. The predicted molar refractivity (Wildman–Crippen MR) is 369 cm³/mol. The SMILES string of the molecule is c1ccc(N(c2ccccc2)c2cc3c4c(c2)N(c2ccccc2)c2ccccc2B4c2cc4c(c(B5c6ccccc6Sc6ccccc65)c2O3)Oc2cc(N(c3ccccc3)c3ccccc3)cc3c2B4c2ccccc2N3c2ccccc2)cc1. The van der Waals surface area contributed by atoms with Gasteiger partial charge in [0.1, 0.15) is 23.0 Å². The summed E-state index contributed by atoms with van der Waals surface area (Å²) >= 11 is 1.84. The Kier molecular flexibility index (Phi) is 11.7. The quantitative estimate of drug-likeness (QED) is 0.133. The Morgan fingerprint density at radius 2 is 0.580 bits per heavy atom. The third kappa shape index (κ3) is 7.88. The Labute approximate surface area is 517 Å². The van der Waals surface area contributed by atoms with E-state index in [9.17, 15) is 0 Å². The van der Waals surface area contributed by atoms with Gasteiger partial charge in [-0.1, -0.05) is 211 Å². The summed E-state index contributed by atoms with van der Waals surface area (Å²) in [5, 5.41) is 0. The van der Waals surface area contributed by atoms with E-state index in [2.05, 4.69) is 329 Å². The Balaban J connectivity index is 0.962. The Hall–Kier alpha value is -10.8. The van der Waals surface area contributed by atoms with Crippen LogP contribution >= 0.6 is 11.8 Å². The van der Waals surface area contributed by atoms with Crippen molar-refractivity contribution in [1.82, 2.24) is 0 Å². The van der Waals surface area contributed by atoms with Gasteiger partial charge in [-0.3, -0.25) is 0 Å². The van der Waals surface area contributed by atoms with Crippen molar-refractivity contribution >= 4 is 149 Å². The number of fused-ring (bicyclic) bond motifs is 10. The van der Waals surface area contributed by atoms with E-state index < -0.39 is 0 Å². The molecule has 0 spiro atoms. The number of para-hydroxylation sites is 8. The number of benzene rings is 13. The van der Waals surface area contributed by atoms with Crippen LogP contribution in [-0.2, 0) is 0 Å². The maximum Gasteiger partial charge on any atom is 0.256 e. The average Bonchev–Trinajstić information content (AvgIpc) is 0.744. The molecule has 0 saturated carbocycles. The van der Waals surface area contributed by atoms with Gasteiger partial charge >= 0.3 is 0 Å². The molecule has 0 N–H and O–H groups in total. The largest absolute Gasteiger partial charge is 0.459 e. The molecule has 5 aliphatic rings. The third-order valence-corrected chi connectivity index (χ3v) is 19.4. The van der Waals surface area contributed by atoms with Crippen LogP contribution in [0.25, 0.3) is 0 Å². The van der Waals surface area contributed by atoms with Crippen LogP contribution in [0, 0.1) is 0 Å². The topological polar surface area (TPSA) is 31.4 Å². The highest BCUT2D eigenvalue weighted by molar-refractivity contribution is 8.00. The zero-order valence-electron chi connectivity index (χ0n) is 47.7. The first-order chi connectivity index (χ1) is 43.7. The highest BCUT2D eigenvalue weighted by atomic mass is 32.2. The molecule has 0 aliphatic carbocycles. The molecule has 0 atom stereocenters. The second kappa shape index (κ2) is 20.4. The van der Waals surface area contributed by atoms with Crippen molar-refractivity contribution in [1.29, 1.82) is 0 Å². The smallest absolute Gasteiger partial charge is 0.256 e. The van der Waals surface area contributed by atoms with Gasteiger partial charge in [-0.15, -0.1) is 0 Å². The van der Waals surface area contributed by atoms with E-state index in [0.717, 1.165) is 119 Å². The van der Waals surface area contributed by atoms with Crippen molar-refractivity contribution in [2.45, 2.75) is 9.79 Å². The molecule has 6 nitrogen and oxygen atoms in total. The minimum absolute atomic E-state index is 0.249. The van der Waals surface area contributed by atoms with E-state index in [0.29, 0.717) is 0 Å². The molecule has 0 fully saturated rings. The number of hydrogen-bond acceptors (Lipinski definition) is 7. The highest BCUT2D eigenvalue weighted by Crippen LogP contribution is 2.49. The Morgan fingerprint density at radius 1 is 0.261 bits per heavy atom. The average molecular weight is 1140 g/mol. The van der Waals surface area contributed by atoms with Gasteiger partial charge in [0.2, 0.25) is 0 Å². The molecule has 0 unspecified atom stereocenters. The molecule has 0 radical (unpaired) electrons. The molecule has 410 valence electrons. The predicted octanol–water partition coefficient (Wildman–Crippen LogP) is 14.4. The fraction of sp³-hybridized carbons (Fsp3) is 0. The van der Waals surface area contributed by atoms with Crippen LogP contribution in [0.15, 0.2) is 319 Å². The molecule has 5 aliphatic heterocycles. The van der Waals surface area contributed by atoms with E-state index >= 15 is 0 Å². The number of ether oxygens (including phenoxy) is 2. The van der Waals surface area contributed by atoms with Crippen molar-refractivity contribution < 1.29 is 9.47 Å². The standard InChI is InChI=1S/C78H51B3N4O2S/c1-7-27-52(28-8-1)82(53-29-9-2-10-30-53)58-47-68-74-70(49-58)86-77-64(79(74)60-39-19-23-43-66(60)84(68)56-35-15-5-16-36-56)51-65-78(76(77)81-62-41-21-25-45-72(62)88-73-46-26-22-42-63(73)81)87-71-50-59(83(54-31-11-3-12-32-54)55-33-13-4-14-34-55)48-69-75(71)80(65)61-40-20-24-44-67(61)85(69)57-37-17-6-18-38-57/h1-51H. The first kappa shape index (κ1) is 50.5. The number of nitrogens with zero attached hydrogens (tertiary/aromatic N) is 4. The zero-order chi connectivity index (χ0) is 57.8. The monoisotopic (exact) mass is 1140 g/mol. The van der Waals surface area contributed by atoms with Gasteiger partial charge in [0.15, 0.2) is 0 Å². The second-order valence-electron chi connectivity index (χ2n) is 23.0. The summed E-state index contributed by atoms with van der Waals surface area (Å²) in [5.74, 6) is 3.24. The lowest BCUT2D eigenvalue weighted by molar-refractivity contribution is 0.472. The van der Waals surface area contributed by atoms with E-state index in [-0.39, 0.29) is 20.1 Å². The van der Waals surface area contributed by atoms with Crippen LogP contribution < -0.4 is 78.2 Å². The molecule has 13 aromatic rings. The first-order valence-corrected chi connectivity index (χ1v) is 31.0.